The average Bonchev–Trinajstić information content (AvgIpc) is 2.59. The molecule has 2 aromatic carbocycles. The lowest BCUT2D eigenvalue weighted by Gasteiger charge is -2.09. The predicted octanol–water partition coefficient (Wildman–Crippen LogP) is 4.27. The second-order valence-corrected chi connectivity index (χ2v) is 5.58. The van der Waals surface area contributed by atoms with Gasteiger partial charge in [0.15, 0.2) is 5.78 Å². The van der Waals surface area contributed by atoms with Crippen LogP contribution in [0.5, 0.6) is 11.5 Å². The molecule has 0 unspecified atom stereocenters. The molecule has 0 amide bonds. The Hall–Kier alpha value is -2.67. The number of carbonyl (C=O) groups is 1. The van der Waals surface area contributed by atoms with Gasteiger partial charge in [0.05, 0.1) is 19.1 Å². The second-order valence-electron chi connectivity index (χ2n) is 4.73. The van der Waals surface area contributed by atoms with Gasteiger partial charge in [-0.05, 0) is 34.1 Å². The monoisotopic (exact) mass is 391 g/mol. The van der Waals surface area contributed by atoms with Crippen molar-refractivity contribution in [1.29, 1.82) is 0 Å². The van der Waals surface area contributed by atoms with Crippen molar-refractivity contribution in [3.05, 3.63) is 68.2 Å². The van der Waals surface area contributed by atoms with Crippen LogP contribution in [0.4, 0.5) is 5.69 Å². The first-order valence-electron chi connectivity index (χ1n) is 6.84. The molecule has 0 spiro atoms. The third-order valence-electron chi connectivity index (χ3n) is 3.26. The molecule has 2 rings (SSSR count). The van der Waals surface area contributed by atoms with E-state index in [4.69, 9.17) is 9.47 Å². The number of carbonyl (C=O) groups excluding carboxylic acids is 1. The summed E-state index contributed by atoms with van der Waals surface area (Å²) in [4.78, 5) is 22.5. The first-order valence-corrected chi connectivity index (χ1v) is 7.64. The minimum atomic E-state index is -0.538. The predicted molar refractivity (Wildman–Crippen MR) is 93.7 cm³/mol. The maximum absolute atomic E-state index is 12.2. The van der Waals surface area contributed by atoms with E-state index in [9.17, 15) is 14.9 Å². The summed E-state index contributed by atoms with van der Waals surface area (Å²) >= 11 is 3.40. The van der Waals surface area contributed by atoms with E-state index in [0.29, 0.717) is 21.5 Å². The molecule has 0 N–H and O–H groups in total. The highest BCUT2D eigenvalue weighted by molar-refractivity contribution is 9.10. The molecule has 0 radical (unpaired) electrons. The van der Waals surface area contributed by atoms with Gasteiger partial charge in [-0.1, -0.05) is 12.1 Å². The maximum Gasteiger partial charge on any atom is 0.270 e. The molecule has 2 aromatic rings. The van der Waals surface area contributed by atoms with Crippen molar-refractivity contribution in [3.63, 3.8) is 0 Å². The van der Waals surface area contributed by atoms with Gasteiger partial charge in [-0.25, -0.2) is 0 Å². The first kappa shape index (κ1) is 17.7. The molecule has 0 aromatic heterocycles. The Morgan fingerprint density at radius 2 is 1.96 bits per heavy atom. The average molecular weight is 392 g/mol. The van der Waals surface area contributed by atoms with Gasteiger partial charge >= 0.3 is 0 Å². The van der Waals surface area contributed by atoms with E-state index in [0.717, 1.165) is 0 Å². The third-order valence-corrected chi connectivity index (χ3v) is 3.92. The van der Waals surface area contributed by atoms with Gasteiger partial charge in [-0.3, -0.25) is 14.9 Å². The molecule has 6 nitrogen and oxygen atoms in total. The Bertz CT molecular complexity index is 817. The maximum atomic E-state index is 12.2. The Kier molecular flexibility index (Phi) is 5.70. The number of nitrogens with zero attached hydrogens (tertiary/aromatic N) is 1. The van der Waals surface area contributed by atoms with Crippen LogP contribution in [0.3, 0.4) is 0 Å². The smallest absolute Gasteiger partial charge is 0.270 e. The van der Waals surface area contributed by atoms with Crippen LogP contribution in [-0.2, 0) is 0 Å². The van der Waals surface area contributed by atoms with Crippen LogP contribution < -0.4 is 9.47 Å². The number of benzene rings is 2. The number of hydrogen-bond acceptors (Lipinski definition) is 5. The zero-order valence-electron chi connectivity index (χ0n) is 13.0. The summed E-state index contributed by atoms with van der Waals surface area (Å²) in [7, 11) is 3.06. The highest BCUT2D eigenvalue weighted by Gasteiger charge is 2.11. The molecular formula is C17H14BrNO5. The number of halogens is 1. The lowest BCUT2D eigenvalue weighted by Crippen LogP contribution is -1.97. The molecule has 0 atom stereocenters. The number of allylic oxidation sites excluding steroid dienone is 1. The van der Waals surface area contributed by atoms with Crippen LogP contribution in [-0.4, -0.2) is 24.9 Å². The summed E-state index contributed by atoms with van der Waals surface area (Å²) in [5.74, 6) is 0.800. The molecule has 0 fully saturated rings. The molecule has 0 aliphatic carbocycles. The van der Waals surface area contributed by atoms with Crippen molar-refractivity contribution < 1.29 is 19.2 Å². The molecule has 124 valence electrons. The lowest BCUT2D eigenvalue weighted by molar-refractivity contribution is -0.384. The molecule has 0 aliphatic rings. The third kappa shape index (κ3) is 3.99. The van der Waals surface area contributed by atoms with Crippen molar-refractivity contribution in [2.75, 3.05) is 14.2 Å². The number of non-ortho nitro benzene ring substituents is 1. The Morgan fingerprint density at radius 1 is 1.21 bits per heavy atom. The number of ketones is 1. The van der Waals surface area contributed by atoms with Gasteiger partial charge in [0.1, 0.15) is 11.5 Å². The second kappa shape index (κ2) is 7.74. The van der Waals surface area contributed by atoms with E-state index in [-0.39, 0.29) is 17.0 Å². The molecule has 0 saturated carbocycles. The summed E-state index contributed by atoms with van der Waals surface area (Å²) < 4.78 is 11.1. The van der Waals surface area contributed by atoms with Gasteiger partial charge in [0.2, 0.25) is 0 Å². The van der Waals surface area contributed by atoms with Gasteiger partial charge in [0, 0.05) is 33.8 Å². The van der Waals surface area contributed by atoms with Crippen LogP contribution in [0.25, 0.3) is 6.08 Å². The van der Waals surface area contributed by atoms with E-state index in [2.05, 4.69) is 15.9 Å². The molecule has 0 heterocycles. The van der Waals surface area contributed by atoms with E-state index in [1.807, 2.05) is 0 Å². The molecule has 0 bridgehead atoms. The summed E-state index contributed by atoms with van der Waals surface area (Å²) in [5.41, 5.74) is 0.776. The molecule has 7 heteroatoms. The number of rotatable bonds is 6. The van der Waals surface area contributed by atoms with Crippen LogP contribution in [0.15, 0.2) is 46.9 Å². The summed E-state index contributed by atoms with van der Waals surface area (Å²) in [6.45, 7) is 0. The van der Waals surface area contributed by atoms with Gasteiger partial charge in [-0.2, -0.15) is 0 Å². The first-order chi connectivity index (χ1) is 11.5. The van der Waals surface area contributed by atoms with Crippen LogP contribution >= 0.6 is 15.9 Å². The summed E-state index contributed by atoms with van der Waals surface area (Å²) in [5, 5.41) is 10.8. The van der Waals surface area contributed by atoms with Gasteiger partial charge in [0.25, 0.3) is 5.69 Å². The zero-order valence-corrected chi connectivity index (χ0v) is 14.6. The lowest BCUT2D eigenvalue weighted by atomic mass is 10.1. The summed E-state index contributed by atoms with van der Waals surface area (Å²) in [6, 6.07) is 9.03. The van der Waals surface area contributed by atoms with Crippen molar-refractivity contribution in [2.45, 2.75) is 0 Å². The highest BCUT2D eigenvalue weighted by atomic mass is 79.9. The van der Waals surface area contributed by atoms with E-state index in [1.54, 1.807) is 25.3 Å². The van der Waals surface area contributed by atoms with E-state index >= 15 is 0 Å². The van der Waals surface area contributed by atoms with Crippen molar-refractivity contribution in [1.82, 2.24) is 0 Å². The van der Waals surface area contributed by atoms with Crippen molar-refractivity contribution in [2.24, 2.45) is 0 Å². The number of nitro benzene ring substituents is 1. The van der Waals surface area contributed by atoms with E-state index < -0.39 is 4.92 Å². The van der Waals surface area contributed by atoms with Gasteiger partial charge < -0.3 is 9.47 Å². The quantitative estimate of drug-likeness (QED) is 0.318. The largest absolute Gasteiger partial charge is 0.497 e. The van der Waals surface area contributed by atoms with Crippen molar-refractivity contribution >= 4 is 33.5 Å². The fraction of sp³-hybridized carbons (Fsp3) is 0.118. The fourth-order valence-electron chi connectivity index (χ4n) is 2.05. The molecule has 24 heavy (non-hydrogen) atoms. The molecule has 0 saturated heterocycles. The molecular weight excluding hydrogens is 378 g/mol. The van der Waals surface area contributed by atoms with Crippen LogP contribution in [0.2, 0.25) is 0 Å². The van der Waals surface area contributed by atoms with Crippen LogP contribution in [0.1, 0.15) is 15.9 Å². The number of nitro groups is 1. The topological polar surface area (TPSA) is 78.7 Å². The Balaban J connectivity index is 2.32. The van der Waals surface area contributed by atoms with Crippen molar-refractivity contribution in [3.8, 4) is 11.5 Å². The SMILES string of the molecule is COc1cc(Br)c(/C=C/C(=O)c2cccc([N+](=O)[O-])c2)c(OC)c1. The highest BCUT2D eigenvalue weighted by Crippen LogP contribution is 2.33. The van der Waals surface area contributed by atoms with Crippen LogP contribution in [0, 0.1) is 10.1 Å². The number of ether oxygens (including phenoxy) is 2. The minimum absolute atomic E-state index is 0.127. The number of methoxy groups -OCH3 is 2. The Morgan fingerprint density at radius 3 is 2.58 bits per heavy atom. The minimum Gasteiger partial charge on any atom is -0.497 e. The molecule has 0 aliphatic heterocycles. The zero-order chi connectivity index (χ0) is 17.7. The Labute approximate surface area is 147 Å². The standard InChI is InChI=1S/C17H14BrNO5/c1-23-13-9-15(18)14(17(10-13)24-2)6-7-16(20)11-4-3-5-12(8-11)19(21)22/h3-10H,1-2H3/b7-6+. The fourth-order valence-corrected chi connectivity index (χ4v) is 2.60. The summed E-state index contributed by atoms with van der Waals surface area (Å²) in [6.07, 6.45) is 2.93. The van der Waals surface area contributed by atoms with Gasteiger partial charge in [-0.15, -0.1) is 0 Å². The number of hydrogen-bond donors (Lipinski definition) is 0. The van der Waals surface area contributed by atoms with E-state index in [1.165, 1.54) is 37.5 Å². The normalized spacial score (nSPS) is 10.6.